The average molecular weight is 684 g/mol. The van der Waals surface area contributed by atoms with E-state index in [1.54, 1.807) is 12.1 Å². The molecule has 0 radical (unpaired) electrons. The Bertz CT molecular complexity index is 1240. The zero-order valence-corrected chi connectivity index (χ0v) is 25.9. The average Bonchev–Trinajstić information content (AvgIpc) is 2.54. The summed E-state index contributed by atoms with van der Waals surface area (Å²) in [6.07, 6.45) is 0. The fourth-order valence-corrected chi connectivity index (χ4v) is 17.1. The van der Waals surface area contributed by atoms with Crippen molar-refractivity contribution in [3.8, 4) is 0 Å². The fraction of sp³-hybridized carbons (Fsp3) is 0.368. The first-order valence-corrected chi connectivity index (χ1v) is 33.1. The molecule has 164 valence electrons. The van der Waals surface area contributed by atoms with E-state index in [1.165, 1.54) is 21.4 Å². The van der Waals surface area contributed by atoms with E-state index in [-0.39, 0.29) is 5.56 Å². The van der Waals surface area contributed by atoms with Crippen molar-refractivity contribution in [3.05, 3.63) is 41.5 Å². The number of fused-ring (bicyclic) bond motifs is 2. The molecule has 0 aliphatic carbocycles. The first-order valence-electron chi connectivity index (χ1n) is 9.36. The topological polar surface area (TPSA) is 109 Å². The van der Waals surface area contributed by atoms with Crippen LogP contribution in [0.25, 0.3) is 0 Å². The summed E-state index contributed by atoms with van der Waals surface area (Å²) in [6, 6.07) is 8.54. The van der Waals surface area contributed by atoms with E-state index >= 15 is 0 Å². The molecule has 11 heteroatoms. The Labute approximate surface area is 191 Å². The van der Waals surface area contributed by atoms with Crippen LogP contribution in [0.3, 0.4) is 0 Å². The van der Waals surface area contributed by atoms with Gasteiger partial charge in [-0.2, -0.15) is 0 Å². The molecular weight excluding hydrogens is 658 g/mol. The molecule has 1 atom stereocenters. The van der Waals surface area contributed by atoms with Crippen LogP contribution in [-0.2, 0) is 20.2 Å². The first-order chi connectivity index (χ1) is 13.4. The molecule has 6 nitrogen and oxygen atoms in total. The predicted octanol–water partition coefficient (Wildman–Crippen LogP) is 3.47. The maximum atomic E-state index is 12.5. The molecule has 3 rings (SSSR count). The molecule has 1 heterocycles. The van der Waals surface area contributed by atoms with Gasteiger partial charge in [0, 0.05) is 0 Å². The van der Waals surface area contributed by atoms with Crippen LogP contribution in [-0.4, -0.2) is 62.7 Å². The third kappa shape index (κ3) is 4.76. The molecular formula is C19H26O6S3Sn2. The molecule has 0 saturated heterocycles. The van der Waals surface area contributed by atoms with E-state index in [0.717, 1.165) is 8.47 Å². The zero-order valence-electron chi connectivity index (χ0n) is 17.7. The van der Waals surface area contributed by atoms with E-state index in [2.05, 4.69) is 29.6 Å². The maximum absolute atomic E-state index is 12.5. The minimum atomic E-state index is -4.69. The van der Waals surface area contributed by atoms with Gasteiger partial charge in [0.25, 0.3) is 0 Å². The summed E-state index contributed by atoms with van der Waals surface area (Å²) in [6.45, 7) is 0. The van der Waals surface area contributed by atoms with Crippen LogP contribution in [0.2, 0.25) is 29.6 Å². The van der Waals surface area contributed by atoms with Gasteiger partial charge in [-0.1, -0.05) is 0 Å². The van der Waals surface area contributed by atoms with Crippen molar-refractivity contribution < 1.29 is 25.9 Å². The molecule has 2 N–H and O–H groups in total. The molecule has 0 amide bonds. The number of rotatable bonds is 4. The summed E-state index contributed by atoms with van der Waals surface area (Å²) in [7, 11) is -9.38. The number of benzene rings is 2. The van der Waals surface area contributed by atoms with Crippen molar-refractivity contribution in [2.75, 3.05) is 0 Å². The second-order valence-corrected chi connectivity index (χ2v) is 42.4. The minimum absolute atomic E-state index is 0.0337. The molecule has 0 fully saturated rings. The molecule has 0 spiro atoms. The molecule has 0 saturated carbocycles. The van der Waals surface area contributed by atoms with Gasteiger partial charge in [0.05, 0.1) is 0 Å². The molecule has 2 aromatic carbocycles. The van der Waals surface area contributed by atoms with Gasteiger partial charge in [-0.3, -0.25) is 0 Å². The Kier molecular flexibility index (Phi) is 6.55. The van der Waals surface area contributed by atoms with Crippen LogP contribution in [0.4, 0.5) is 0 Å². The van der Waals surface area contributed by atoms with E-state index in [1.807, 2.05) is 12.1 Å². The summed E-state index contributed by atoms with van der Waals surface area (Å²) in [4.78, 5) is 14.0. The van der Waals surface area contributed by atoms with Crippen molar-refractivity contribution in [3.63, 3.8) is 0 Å². The van der Waals surface area contributed by atoms with Gasteiger partial charge in [0.15, 0.2) is 0 Å². The summed E-state index contributed by atoms with van der Waals surface area (Å²) in [5, 5.41) is -1.56. The Morgan fingerprint density at radius 1 is 0.867 bits per heavy atom. The second-order valence-electron chi connectivity index (χ2n) is 9.58. The van der Waals surface area contributed by atoms with E-state index in [0.29, 0.717) is 10.5 Å². The quantitative estimate of drug-likeness (QED) is 0.376. The Morgan fingerprint density at radius 3 is 1.93 bits per heavy atom. The van der Waals surface area contributed by atoms with Crippen molar-refractivity contribution in [2.45, 2.75) is 49.6 Å². The summed E-state index contributed by atoms with van der Waals surface area (Å²) in [5.41, 5.74) is 0.314. The van der Waals surface area contributed by atoms with Gasteiger partial charge in [-0.15, -0.1) is 0 Å². The van der Waals surface area contributed by atoms with Crippen molar-refractivity contribution in [2.24, 2.45) is 0 Å². The van der Waals surface area contributed by atoms with Gasteiger partial charge >= 0.3 is 193 Å². The fourth-order valence-electron chi connectivity index (χ4n) is 3.64. The predicted molar refractivity (Wildman–Crippen MR) is 126 cm³/mol. The van der Waals surface area contributed by atoms with Crippen LogP contribution in [0.1, 0.15) is 16.4 Å². The normalized spacial score (nSPS) is 17.4. The monoisotopic (exact) mass is 686 g/mol. The third-order valence-corrected chi connectivity index (χ3v) is 20.5. The van der Waals surface area contributed by atoms with E-state index in [4.69, 9.17) is 0 Å². The van der Waals surface area contributed by atoms with Gasteiger partial charge in [-0.25, -0.2) is 0 Å². The molecule has 0 bridgehead atoms. The van der Waals surface area contributed by atoms with Crippen LogP contribution in [0.5, 0.6) is 0 Å². The first kappa shape index (κ1) is 24.8. The van der Waals surface area contributed by atoms with Crippen LogP contribution in [0, 0.1) is 0 Å². The number of hydrogen-bond acceptors (Lipinski definition) is 5. The summed E-state index contributed by atoms with van der Waals surface area (Å²) in [5.74, 6) is 0. The van der Waals surface area contributed by atoms with Gasteiger partial charge in [-0.05, 0) is 0 Å². The molecule has 2 aromatic rings. The van der Waals surface area contributed by atoms with Crippen molar-refractivity contribution >= 4 is 75.9 Å². The number of hydrogen-bond donors (Lipinski definition) is 2. The van der Waals surface area contributed by atoms with Crippen LogP contribution < -0.4 is 7.16 Å². The molecule has 1 aliphatic rings. The third-order valence-electron chi connectivity index (χ3n) is 5.18. The van der Waals surface area contributed by atoms with Crippen LogP contribution in [0.15, 0.2) is 45.0 Å². The zero-order chi connectivity index (χ0) is 22.9. The van der Waals surface area contributed by atoms with Gasteiger partial charge in [0.1, 0.15) is 0 Å². The van der Waals surface area contributed by atoms with Crippen LogP contribution >= 0.6 is 11.8 Å². The van der Waals surface area contributed by atoms with Crippen molar-refractivity contribution in [1.82, 2.24) is 0 Å². The molecule has 30 heavy (non-hydrogen) atoms. The SMILES string of the molecule is [CH3][Sn]([CH3])([CH3])[c]1ccc2c(c1)Sc1[c]([Sn]([CH3])([CH3])[CH3])ccc(S(=O)(=O)O)c1C2S(=O)(=O)O. The van der Waals surface area contributed by atoms with E-state index in [9.17, 15) is 25.9 Å². The van der Waals surface area contributed by atoms with Crippen molar-refractivity contribution in [1.29, 1.82) is 0 Å². The summed E-state index contributed by atoms with van der Waals surface area (Å²) < 4.78 is 71.5. The van der Waals surface area contributed by atoms with E-state index < -0.39 is 67.1 Å². The summed E-state index contributed by atoms with van der Waals surface area (Å²) >= 11 is -3.95. The Hall–Kier alpha value is 0.207. The second kappa shape index (κ2) is 7.91. The molecule has 1 unspecified atom stereocenters. The Morgan fingerprint density at radius 2 is 1.47 bits per heavy atom. The van der Waals surface area contributed by atoms with Gasteiger partial charge < -0.3 is 0 Å². The molecule has 1 aliphatic heterocycles. The Balaban J connectivity index is 2.47. The standard InChI is InChI=1S/C13H8O6S3.6CH3.2Sn/c14-21(15,16)11-7-3-6-10-12(11)13(22(17,18)19)8-4-1-2-5-9(8)20-10;;;;;;;;/h1,3-5,7,13H,(H,14,15,16)(H,17,18,19);6*1H3;;. The molecule has 0 aromatic heterocycles. The van der Waals surface area contributed by atoms with Gasteiger partial charge in [0.2, 0.25) is 0 Å².